The molecule has 8 nitrogen and oxygen atoms in total. The standard InChI is InChI=1S/C22H26N6O2/c29-21(24-15-6-1-2-7-15)20-14-27(26-25-20)13-16-8-5-11-28(16)22(30)18-12-23-19-10-4-3-9-17(18)19/h3-4,9-10,12,14-16,23H,1-2,5-8,11,13H2,(H,24,29)/t16-/m0/s1. The fourth-order valence-electron chi connectivity index (χ4n) is 4.73. The number of amides is 2. The number of hydrogen-bond donors (Lipinski definition) is 2. The Kier molecular flexibility index (Phi) is 4.98. The number of rotatable bonds is 5. The predicted molar refractivity (Wildman–Crippen MR) is 112 cm³/mol. The first-order chi connectivity index (χ1) is 14.7. The van der Waals surface area contributed by atoms with Gasteiger partial charge in [-0.3, -0.25) is 9.59 Å². The van der Waals surface area contributed by atoms with E-state index in [-0.39, 0.29) is 23.9 Å². The molecule has 1 saturated heterocycles. The van der Waals surface area contributed by atoms with Crippen LogP contribution >= 0.6 is 0 Å². The first-order valence-electron chi connectivity index (χ1n) is 10.8. The number of para-hydroxylation sites is 1. The predicted octanol–water partition coefficient (Wildman–Crippen LogP) is 2.74. The van der Waals surface area contributed by atoms with E-state index < -0.39 is 0 Å². The quantitative estimate of drug-likeness (QED) is 0.681. The zero-order chi connectivity index (χ0) is 20.5. The Labute approximate surface area is 174 Å². The molecular formula is C22H26N6O2. The summed E-state index contributed by atoms with van der Waals surface area (Å²) in [7, 11) is 0. The lowest BCUT2D eigenvalue weighted by atomic mass is 10.1. The lowest BCUT2D eigenvalue weighted by molar-refractivity contribution is 0.0722. The minimum Gasteiger partial charge on any atom is -0.360 e. The van der Waals surface area contributed by atoms with Crippen molar-refractivity contribution < 1.29 is 9.59 Å². The molecule has 2 amide bonds. The van der Waals surface area contributed by atoms with Gasteiger partial charge in [-0.25, -0.2) is 4.68 Å². The molecule has 2 fully saturated rings. The largest absolute Gasteiger partial charge is 0.360 e. The number of carbonyl (C=O) groups excluding carboxylic acids is 2. The maximum absolute atomic E-state index is 13.2. The molecule has 1 atom stereocenters. The Balaban J connectivity index is 1.27. The zero-order valence-electron chi connectivity index (χ0n) is 16.9. The average Bonchev–Trinajstić information content (AvgIpc) is 3.54. The van der Waals surface area contributed by atoms with Gasteiger partial charge in [0, 0.05) is 29.7 Å². The van der Waals surface area contributed by atoms with Gasteiger partial charge in [-0.2, -0.15) is 0 Å². The summed E-state index contributed by atoms with van der Waals surface area (Å²) in [5.74, 6) is -0.124. The second kappa shape index (κ2) is 7.93. The molecule has 5 rings (SSSR count). The number of carbonyl (C=O) groups is 2. The average molecular weight is 406 g/mol. The molecule has 2 N–H and O–H groups in total. The number of nitrogens with zero attached hydrogens (tertiary/aromatic N) is 4. The summed E-state index contributed by atoms with van der Waals surface area (Å²) >= 11 is 0. The molecular weight excluding hydrogens is 380 g/mol. The highest BCUT2D eigenvalue weighted by molar-refractivity contribution is 6.06. The van der Waals surface area contributed by atoms with Crippen molar-refractivity contribution in [3.05, 3.63) is 47.9 Å². The van der Waals surface area contributed by atoms with Gasteiger partial charge < -0.3 is 15.2 Å². The molecule has 3 aromatic rings. The number of aromatic amines is 1. The summed E-state index contributed by atoms with van der Waals surface area (Å²) < 4.78 is 1.69. The Morgan fingerprint density at radius 2 is 1.97 bits per heavy atom. The molecule has 156 valence electrons. The van der Waals surface area contributed by atoms with Gasteiger partial charge in [0.05, 0.1) is 24.3 Å². The molecule has 2 aliphatic rings. The highest BCUT2D eigenvalue weighted by atomic mass is 16.2. The van der Waals surface area contributed by atoms with E-state index in [2.05, 4.69) is 20.6 Å². The molecule has 1 aliphatic carbocycles. The summed E-state index contributed by atoms with van der Waals surface area (Å²) in [6, 6.07) is 8.14. The normalized spacial score (nSPS) is 19.6. The van der Waals surface area contributed by atoms with E-state index in [1.165, 1.54) is 12.8 Å². The highest BCUT2D eigenvalue weighted by Gasteiger charge is 2.31. The highest BCUT2D eigenvalue weighted by Crippen LogP contribution is 2.25. The second-order valence-corrected chi connectivity index (χ2v) is 8.32. The van der Waals surface area contributed by atoms with Crippen molar-refractivity contribution in [2.24, 2.45) is 0 Å². The maximum atomic E-state index is 13.2. The van der Waals surface area contributed by atoms with Crippen molar-refractivity contribution in [1.82, 2.24) is 30.2 Å². The maximum Gasteiger partial charge on any atom is 0.273 e. The van der Waals surface area contributed by atoms with Gasteiger partial charge in [0.25, 0.3) is 11.8 Å². The minimum atomic E-state index is -0.161. The summed E-state index contributed by atoms with van der Waals surface area (Å²) in [6.45, 7) is 1.27. The summed E-state index contributed by atoms with van der Waals surface area (Å²) in [4.78, 5) is 30.7. The van der Waals surface area contributed by atoms with E-state index in [1.807, 2.05) is 29.2 Å². The molecule has 1 saturated carbocycles. The molecule has 30 heavy (non-hydrogen) atoms. The summed E-state index contributed by atoms with van der Waals surface area (Å²) in [5, 5.41) is 12.2. The molecule has 0 radical (unpaired) electrons. The first-order valence-corrected chi connectivity index (χ1v) is 10.8. The lowest BCUT2D eigenvalue weighted by Gasteiger charge is -2.24. The number of nitrogens with one attached hydrogen (secondary N) is 2. The molecule has 1 aliphatic heterocycles. The Morgan fingerprint density at radius 3 is 2.83 bits per heavy atom. The van der Waals surface area contributed by atoms with Gasteiger partial charge in [-0.15, -0.1) is 5.10 Å². The fraction of sp³-hybridized carbons (Fsp3) is 0.455. The van der Waals surface area contributed by atoms with Crippen LogP contribution in [-0.4, -0.2) is 55.3 Å². The van der Waals surface area contributed by atoms with Crippen LogP contribution in [0, 0.1) is 0 Å². The Hall–Kier alpha value is -3.16. The van der Waals surface area contributed by atoms with Gasteiger partial charge in [0.15, 0.2) is 5.69 Å². The van der Waals surface area contributed by atoms with E-state index in [4.69, 9.17) is 0 Å². The van der Waals surface area contributed by atoms with E-state index in [0.29, 0.717) is 17.8 Å². The zero-order valence-corrected chi connectivity index (χ0v) is 16.9. The van der Waals surface area contributed by atoms with E-state index in [1.54, 1.807) is 17.1 Å². The molecule has 0 unspecified atom stereocenters. The molecule has 0 bridgehead atoms. The second-order valence-electron chi connectivity index (χ2n) is 8.32. The van der Waals surface area contributed by atoms with E-state index in [0.717, 1.165) is 43.1 Å². The van der Waals surface area contributed by atoms with Crippen LogP contribution in [0.4, 0.5) is 0 Å². The molecule has 2 aromatic heterocycles. The van der Waals surface area contributed by atoms with Crippen LogP contribution in [-0.2, 0) is 6.54 Å². The van der Waals surface area contributed by atoms with Crippen molar-refractivity contribution in [3.63, 3.8) is 0 Å². The number of H-pyrrole nitrogens is 1. The number of fused-ring (bicyclic) bond motifs is 1. The fourth-order valence-corrected chi connectivity index (χ4v) is 4.73. The smallest absolute Gasteiger partial charge is 0.273 e. The lowest BCUT2D eigenvalue weighted by Crippen LogP contribution is -2.38. The number of hydrogen-bond acceptors (Lipinski definition) is 4. The van der Waals surface area contributed by atoms with Crippen LogP contribution in [0.25, 0.3) is 10.9 Å². The molecule has 3 heterocycles. The minimum absolute atomic E-state index is 0.0364. The summed E-state index contributed by atoms with van der Waals surface area (Å²) in [6.07, 6.45) is 9.76. The molecule has 0 spiro atoms. The van der Waals surface area contributed by atoms with Crippen molar-refractivity contribution in [2.45, 2.75) is 57.2 Å². The van der Waals surface area contributed by atoms with Gasteiger partial charge in [-0.05, 0) is 31.7 Å². The third-order valence-electron chi connectivity index (χ3n) is 6.32. The molecule has 1 aromatic carbocycles. The SMILES string of the molecule is O=C(NC1CCCC1)c1cn(C[C@@H]2CCCN2C(=O)c2c[nH]c3ccccc23)nn1. The van der Waals surface area contributed by atoms with Crippen molar-refractivity contribution in [3.8, 4) is 0 Å². The van der Waals surface area contributed by atoms with Crippen LogP contribution < -0.4 is 5.32 Å². The van der Waals surface area contributed by atoms with Gasteiger partial charge in [-0.1, -0.05) is 36.3 Å². The number of likely N-dealkylation sites (tertiary alicyclic amines) is 1. The monoisotopic (exact) mass is 406 g/mol. The van der Waals surface area contributed by atoms with Crippen LogP contribution in [0.2, 0.25) is 0 Å². The van der Waals surface area contributed by atoms with Crippen molar-refractivity contribution in [1.29, 1.82) is 0 Å². The van der Waals surface area contributed by atoms with Gasteiger partial charge >= 0.3 is 0 Å². The van der Waals surface area contributed by atoms with E-state index in [9.17, 15) is 9.59 Å². The third kappa shape index (κ3) is 3.58. The van der Waals surface area contributed by atoms with Gasteiger partial charge in [0.2, 0.25) is 0 Å². The van der Waals surface area contributed by atoms with Crippen LogP contribution in [0.3, 0.4) is 0 Å². The van der Waals surface area contributed by atoms with Gasteiger partial charge in [0.1, 0.15) is 0 Å². The van der Waals surface area contributed by atoms with Crippen LogP contribution in [0.5, 0.6) is 0 Å². The van der Waals surface area contributed by atoms with E-state index >= 15 is 0 Å². The topological polar surface area (TPSA) is 95.9 Å². The Morgan fingerprint density at radius 1 is 1.13 bits per heavy atom. The third-order valence-corrected chi connectivity index (χ3v) is 6.32. The van der Waals surface area contributed by atoms with Crippen LogP contribution in [0.1, 0.15) is 59.4 Å². The van der Waals surface area contributed by atoms with Crippen LogP contribution in [0.15, 0.2) is 36.7 Å². The molecule has 8 heteroatoms. The number of aromatic nitrogens is 4. The number of benzene rings is 1. The van der Waals surface area contributed by atoms with Crippen molar-refractivity contribution >= 4 is 22.7 Å². The first kappa shape index (κ1) is 18.8. The Bertz CT molecular complexity index is 1060. The summed E-state index contributed by atoms with van der Waals surface area (Å²) in [5.41, 5.74) is 2.01. The van der Waals surface area contributed by atoms with Crippen molar-refractivity contribution in [2.75, 3.05) is 6.54 Å².